The molecule has 0 saturated carbocycles. The zero-order valence-corrected chi connectivity index (χ0v) is 15.6. The van der Waals surface area contributed by atoms with E-state index in [1.54, 1.807) is 24.3 Å². The van der Waals surface area contributed by atoms with Crippen LogP contribution >= 0.6 is 0 Å². The number of benzene rings is 3. The highest BCUT2D eigenvalue weighted by Gasteiger charge is 2.07. The average Bonchev–Trinajstić information content (AvgIpc) is 2.68. The molecular weight excluding hydrogens is 352 g/mol. The lowest BCUT2D eigenvalue weighted by Gasteiger charge is -2.11. The normalized spacial score (nSPS) is 10.2. The van der Waals surface area contributed by atoms with Crippen molar-refractivity contribution in [1.29, 1.82) is 0 Å². The first kappa shape index (κ1) is 19.2. The van der Waals surface area contributed by atoms with Crippen molar-refractivity contribution in [1.82, 2.24) is 0 Å². The summed E-state index contributed by atoms with van der Waals surface area (Å²) in [5.74, 6) is 0.299. The van der Waals surface area contributed by atoms with Crippen molar-refractivity contribution in [2.45, 2.75) is 13.3 Å². The quantitative estimate of drug-likeness (QED) is 0.651. The smallest absolute Gasteiger partial charge is 0.262 e. The van der Waals surface area contributed by atoms with E-state index in [-0.39, 0.29) is 18.4 Å². The maximum absolute atomic E-state index is 12.2. The highest BCUT2D eigenvalue weighted by molar-refractivity contribution is 5.95. The van der Waals surface area contributed by atoms with Gasteiger partial charge in [-0.2, -0.15) is 0 Å². The second kappa shape index (κ2) is 9.37. The van der Waals surface area contributed by atoms with E-state index in [0.29, 0.717) is 23.5 Å². The predicted octanol–water partition coefficient (Wildman–Crippen LogP) is 4.19. The van der Waals surface area contributed by atoms with Gasteiger partial charge in [0, 0.05) is 11.4 Å². The summed E-state index contributed by atoms with van der Waals surface area (Å²) in [4.78, 5) is 24.3. The lowest BCUT2D eigenvalue weighted by atomic mass is 10.1. The zero-order valence-electron chi connectivity index (χ0n) is 15.6. The Kier molecular flexibility index (Phi) is 6.41. The Balaban J connectivity index is 1.53. The summed E-state index contributed by atoms with van der Waals surface area (Å²) in [6, 6.07) is 24.1. The number of nitrogens with one attached hydrogen (secondary N) is 2. The first-order valence-corrected chi connectivity index (χ1v) is 9.02. The molecule has 2 amide bonds. The summed E-state index contributed by atoms with van der Waals surface area (Å²) in [7, 11) is 0. The molecular formula is C23H22N2O3. The second-order valence-electron chi connectivity index (χ2n) is 6.39. The number of hydrogen-bond donors (Lipinski definition) is 2. The van der Waals surface area contributed by atoms with Crippen LogP contribution in [0.5, 0.6) is 5.75 Å². The molecule has 2 N–H and O–H groups in total. The molecule has 0 heterocycles. The molecule has 5 heteroatoms. The fourth-order valence-electron chi connectivity index (χ4n) is 2.72. The van der Waals surface area contributed by atoms with E-state index >= 15 is 0 Å². The molecule has 0 aliphatic carbocycles. The first-order chi connectivity index (χ1) is 13.6. The third-order valence-electron chi connectivity index (χ3n) is 4.09. The highest BCUT2D eigenvalue weighted by Crippen LogP contribution is 2.17. The van der Waals surface area contributed by atoms with Gasteiger partial charge in [-0.1, -0.05) is 54.6 Å². The van der Waals surface area contributed by atoms with Crippen LogP contribution in [0.15, 0.2) is 78.9 Å². The van der Waals surface area contributed by atoms with E-state index in [1.807, 2.05) is 61.5 Å². The molecule has 0 fully saturated rings. The van der Waals surface area contributed by atoms with E-state index in [4.69, 9.17) is 4.74 Å². The largest absolute Gasteiger partial charge is 0.483 e. The summed E-state index contributed by atoms with van der Waals surface area (Å²) in [6.07, 6.45) is 0.293. The molecule has 0 atom stereocenters. The van der Waals surface area contributed by atoms with Crippen LogP contribution in [-0.4, -0.2) is 18.4 Å². The molecule has 0 aliphatic rings. The summed E-state index contributed by atoms with van der Waals surface area (Å²) >= 11 is 0. The number of rotatable bonds is 7. The molecule has 0 radical (unpaired) electrons. The lowest BCUT2D eigenvalue weighted by Crippen LogP contribution is -2.20. The van der Waals surface area contributed by atoms with Crippen LogP contribution in [-0.2, 0) is 16.0 Å². The van der Waals surface area contributed by atoms with Crippen LogP contribution in [0.25, 0.3) is 0 Å². The topological polar surface area (TPSA) is 67.4 Å². The molecule has 0 spiro atoms. The molecule has 3 rings (SSSR count). The zero-order chi connectivity index (χ0) is 19.8. The van der Waals surface area contributed by atoms with Crippen molar-refractivity contribution in [3.63, 3.8) is 0 Å². The maximum Gasteiger partial charge on any atom is 0.262 e. The fourth-order valence-corrected chi connectivity index (χ4v) is 2.72. The van der Waals surface area contributed by atoms with Gasteiger partial charge in [-0.3, -0.25) is 9.59 Å². The molecule has 0 bridgehead atoms. The number of hydrogen-bond acceptors (Lipinski definition) is 3. The molecule has 0 saturated heterocycles. The van der Waals surface area contributed by atoms with Crippen LogP contribution in [0.2, 0.25) is 0 Å². The standard InChI is InChI=1S/C23H22N2O3/c1-17-8-5-6-13-21(17)28-16-23(27)25-20-12-7-11-19(15-20)24-22(26)14-18-9-3-2-4-10-18/h2-13,15H,14,16H2,1H3,(H,24,26)(H,25,27). The van der Waals surface area contributed by atoms with Gasteiger partial charge >= 0.3 is 0 Å². The van der Waals surface area contributed by atoms with Crippen molar-refractivity contribution in [2.75, 3.05) is 17.2 Å². The van der Waals surface area contributed by atoms with Crippen LogP contribution in [0.1, 0.15) is 11.1 Å². The van der Waals surface area contributed by atoms with Gasteiger partial charge in [-0.25, -0.2) is 0 Å². The van der Waals surface area contributed by atoms with Crippen LogP contribution < -0.4 is 15.4 Å². The number of anilines is 2. The first-order valence-electron chi connectivity index (χ1n) is 9.02. The van der Waals surface area contributed by atoms with Crippen molar-refractivity contribution >= 4 is 23.2 Å². The lowest BCUT2D eigenvalue weighted by molar-refractivity contribution is -0.118. The summed E-state index contributed by atoms with van der Waals surface area (Å²) < 4.78 is 5.55. The fraction of sp³-hybridized carbons (Fsp3) is 0.130. The van der Waals surface area contributed by atoms with Crippen molar-refractivity contribution in [2.24, 2.45) is 0 Å². The van der Waals surface area contributed by atoms with Gasteiger partial charge in [-0.05, 0) is 42.3 Å². The number of amides is 2. The molecule has 0 unspecified atom stereocenters. The highest BCUT2D eigenvalue weighted by atomic mass is 16.5. The van der Waals surface area contributed by atoms with Gasteiger partial charge in [0.2, 0.25) is 5.91 Å². The van der Waals surface area contributed by atoms with Gasteiger partial charge in [0.15, 0.2) is 6.61 Å². The third-order valence-corrected chi connectivity index (χ3v) is 4.09. The van der Waals surface area contributed by atoms with Gasteiger partial charge in [0.05, 0.1) is 6.42 Å². The minimum Gasteiger partial charge on any atom is -0.483 e. The Morgan fingerprint density at radius 2 is 1.43 bits per heavy atom. The van der Waals surface area contributed by atoms with Crippen LogP contribution in [0, 0.1) is 6.92 Å². The van der Waals surface area contributed by atoms with E-state index in [0.717, 1.165) is 11.1 Å². The number of carbonyl (C=O) groups is 2. The molecule has 0 aliphatic heterocycles. The van der Waals surface area contributed by atoms with Gasteiger partial charge in [-0.15, -0.1) is 0 Å². The SMILES string of the molecule is Cc1ccccc1OCC(=O)Nc1cccc(NC(=O)Cc2ccccc2)c1. The van der Waals surface area contributed by atoms with Crippen molar-refractivity contribution < 1.29 is 14.3 Å². The van der Waals surface area contributed by atoms with Gasteiger partial charge < -0.3 is 15.4 Å². The van der Waals surface area contributed by atoms with E-state index in [2.05, 4.69) is 10.6 Å². The van der Waals surface area contributed by atoms with Crippen LogP contribution in [0.4, 0.5) is 11.4 Å². The van der Waals surface area contributed by atoms with Crippen LogP contribution in [0.3, 0.4) is 0 Å². The summed E-state index contributed by atoms with van der Waals surface area (Å²) in [5.41, 5.74) is 3.13. The Bertz CT molecular complexity index is 955. The number of carbonyl (C=O) groups excluding carboxylic acids is 2. The number of para-hydroxylation sites is 1. The number of aryl methyl sites for hydroxylation is 1. The Labute approximate surface area is 164 Å². The Morgan fingerprint density at radius 1 is 0.786 bits per heavy atom. The summed E-state index contributed by atoms with van der Waals surface area (Å²) in [6.45, 7) is 1.84. The van der Waals surface area contributed by atoms with Crippen molar-refractivity contribution in [3.8, 4) is 5.75 Å². The minimum absolute atomic E-state index is 0.0878. The molecule has 3 aromatic carbocycles. The van der Waals surface area contributed by atoms with Gasteiger partial charge in [0.25, 0.3) is 5.91 Å². The Morgan fingerprint density at radius 3 is 2.14 bits per heavy atom. The molecule has 3 aromatic rings. The maximum atomic E-state index is 12.2. The minimum atomic E-state index is -0.268. The third kappa shape index (κ3) is 5.71. The average molecular weight is 374 g/mol. The molecule has 0 aromatic heterocycles. The monoisotopic (exact) mass is 374 g/mol. The van der Waals surface area contributed by atoms with E-state index in [9.17, 15) is 9.59 Å². The van der Waals surface area contributed by atoms with Crippen molar-refractivity contribution in [3.05, 3.63) is 90.0 Å². The molecule has 28 heavy (non-hydrogen) atoms. The molecule has 5 nitrogen and oxygen atoms in total. The van der Waals surface area contributed by atoms with E-state index < -0.39 is 0 Å². The second-order valence-corrected chi connectivity index (χ2v) is 6.39. The number of ether oxygens (including phenoxy) is 1. The van der Waals surface area contributed by atoms with Gasteiger partial charge in [0.1, 0.15) is 5.75 Å². The molecule has 142 valence electrons. The summed E-state index contributed by atoms with van der Waals surface area (Å²) in [5, 5.41) is 5.63. The van der Waals surface area contributed by atoms with E-state index in [1.165, 1.54) is 0 Å². The predicted molar refractivity (Wildman–Crippen MR) is 111 cm³/mol. The Hall–Kier alpha value is -3.60.